The maximum Gasteiger partial charge on any atom is 0.257 e. The van der Waals surface area contributed by atoms with Crippen molar-refractivity contribution in [2.24, 2.45) is 0 Å². The van der Waals surface area contributed by atoms with Crippen LogP contribution in [0.1, 0.15) is 27.7 Å². The number of benzene rings is 2. The van der Waals surface area contributed by atoms with E-state index in [2.05, 4.69) is 20.9 Å². The Balaban J connectivity index is 1.86. The normalized spacial score (nSPS) is 15.9. The summed E-state index contributed by atoms with van der Waals surface area (Å²) in [5.41, 5.74) is -0.501. The number of carbonyl (C=O) groups excluding carboxylic acids is 1. The van der Waals surface area contributed by atoms with Crippen LogP contribution in [-0.2, 0) is 11.3 Å². The monoisotopic (exact) mass is 484 g/mol. The number of pyridine rings is 1. The first-order valence-corrected chi connectivity index (χ1v) is 9.52. The minimum Gasteiger partial charge on any atom is -0.373 e. The predicted octanol–water partition coefficient (Wildman–Crippen LogP) is 4.19. The molecular weight excluding hydrogens is 472 g/mol. The summed E-state index contributed by atoms with van der Waals surface area (Å²) in [5, 5.41) is 0.0179. The van der Waals surface area contributed by atoms with E-state index < -0.39 is 46.3 Å². The SMILES string of the molecule is CN(C(=O)c1ccc(Br)c(F)c1F)C1COCc2[nH]c(=O)c3cc(F)c(F)cc3c21. The van der Waals surface area contributed by atoms with Crippen LogP contribution in [-0.4, -0.2) is 29.4 Å². The Bertz CT molecular complexity index is 1260. The van der Waals surface area contributed by atoms with Crippen molar-refractivity contribution < 1.29 is 27.1 Å². The zero-order valence-electron chi connectivity index (χ0n) is 15.4. The van der Waals surface area contributed by atoms with E-state index in [1.54, 1.807) is 0 Å². The van der Waals surface area contributed by atoms with Crippen molar-refractivity contribution in [2.75, 3.05) is 13.7 Å². The second-order valence-corrected chi connectivity index (χ2v) is 7.68. The first kappa shape index (κ1) is 20.5. The largest absolute Gasteiger partial charge is 0.373 e. The molecule has 0 saturated carbocycles. The Morgan fingerprint density at radius 1 is 1.13 bits per heavy atom. The molecule has 2 aromatic carbocycles. The molecule has 0 radical (unpaired) electrons. The Morgan fingerprint density at radius 2 is 1.80 bits per heavy atom. The Labute approximate surface area is 175 Å². The molecule has 1 amide bonds. The molecule has 1 aromatic heterocycles. The van der Waals surface area contributed by atoms with Crippen LogP contribution >= 0.6 is 15.9 Å². The molecule has 1 N–H and O–H groups in total. The number of likely N-dealkylation sites (N-methyl/N-ethyl adjacent to an activating group) is 1. The van der Waals surface area contributed by atoms with Gasteiger partial charge < -0.3 is 14.6 Å². The molecular formula is C20H13BrF4N2O3. The molecule has 1 aliphatic heterocycles. The highest BCUT2D eigenvalue weighted by molar-refractivity contribution is 9.10. The lowest BCUT2D eigenvalue weighted by Crippen LogP contribution is -2.38. The van der Waals surface area contributed by atoms with Gasteiger partial charge in [0.15, 0.2) is 23.3 Å². The van der Waals surface area contributed by atoms with Gasteiger partial charge in [0.2, 0.25) is 0 Å². The van der Waals surface area contributed by atoms with E-state index in [0.717, 1.165) is 23.1 Å². The molecule has 4 rings (SSSR count). The third-order valence-electron chi connectivity index (χ3n) is 5.09. The second-order valence-electron chi connectivity index (χ2n) is 6.83. The van der Waals surface area contributed by atoms with Crippen LogP contribution in [0.5, 0.6) is 0 Å². The van der Waals surface area contributed by atoms with Crippen LogP contribution in [0.3, 0.4) is 0 Å². The fourth-order valence-electron chi connectivity index (χ4n) is 3.57. The van der Waals surface area contributed by atoms with Crippen LogP contribution in [0, 0.1) is 23.3 Å². The minimum absolute atomic E-state index is 0.0146. The molecule has 0 aliphatic carbocycles. The lowest BCUT2D eigenvalue weighted by Gasteiger charge is -2.34. The predicted molar refractivity (Wildman–Crippen MR) is 103 cm³/mol. The summed E-state index contributed by atoms with van der Waals surface area (Å²) in [7, 11) is 1.35. The molecule has 156 valence electrons. The summed E-state index contributed by atoms with van der Waals surface area (Å²) in [6, 6.07) is 3.13. The van der Waals surface area contributed by atoms with Gasteiger partial charge in [0, 0.05) is 18.3 Å². The zero-order valence-corrected chi connectivity index (χ0v) is 16.9. The maximum absolute atomic E-state index is 14.3. The molecule has 0 spiro atoms. The number of nitrogens with one attached hydrogen (secondary N) is 1. The number of nitrogens with zero attached hydrogens (tertiary/aromatic N) is 1. The van der Waals surface area contributed by atoms with Gasteiger partial charge in [-0.25, -0.2) is 17.6 Å². The van der Waals surface area contributed by atoms with Crippen molar-refractivity contribution in [1.29, 1.82) is 0 Å². The highest BCUT2D eigenvalue weighted by Crippen LogP contribution is 2.34. The van der Waals surface area contributed by atoms with Crippen LogP contribution in [0.25, 0.3) is 10.8 Å². The number of carbonyl (C=O) groups is 1. The number of hydrogen-bond donors (Lipinski definition) is 1. The van der Waals surface area contributed by atoms with E-state index in [9.17, 15) is 27.2 Å². The number of ether oxygens (including phenoxy) is 1. The van der Waals surface area contributed by atoms with Crippen molar-refractivity contribution in [1.82, 2.24) is 9.88 Å². The molecule has 1 aliphatic rings. The smallest absolute Gasteiger partial charge is 0.257 e. The summed E-state index contributed by atoms with van der Waals surface area (Å²) >= 11 is 2.85. The van der Waals surface area contributed by atoms with Crippen molar-refractivity contribution in [3.8, 4) is 0 Å². The number of H-pyrrole nitrogens is 1. The van der Waals surface area contributed by atoms with E-state index in [1.165, 1.54) is 13.1 Å². The third-order valence-corrected chi connectivity index (χ3v) is 5.71. The van der Waals surface area contributed by atoms with Gasteiger partial charge in [-0.05, 0) is 45.6 Å². The van der Waals surface area contributed by atoms with Crippen LogP contribution in [0.15, 0.2) is 33.5 Å². The fraction of sp³-hybridized carbons (Fsp3) is 0.200. The van der Waals surface area contributed by atoms with E-state index in [4.69, 9.17) is 4.74 Å². The summed E-state index contributed by atoms with van der Waals surface area (Å²) in [5.74, 6) is -5.72. The van der Waals surface area contributed by atoms with Crippen molar-refractivity contribution in [3.05, 3.63) is 79.2 Å². The highest BCUT2D eigenvalue weighted by Gasteiger charge is 2.32. The molecule has 0 bridgehead atoms. The average Bonchev–Trinajstić information content (AvgIpc) is 2.72. The van der Waals surface area contributed by atoms with Gasteiger partial charge in [0.25, 0.3) is 11.5 Å². The van der Waals surface area contributed by atoms with Crippen molar-refractivity contribution >= 4 is 32.6 Å². The Morgan fingerprint density at radius 3 is 2.50 bits per heavy atom. The van der Waals surface area contributed by atoms with Gasteiger partial charge in [0.05, 0.1) is 34.7 Å². The van der Waals surface area contributed by atoms with Crippen LogP contribution < -0.4 is 5.56 Å². The number of hydrogen-bond acceptors (Lipinski definition) is 3. The zero-order chi connectivity index (χ0) is 21.7. The van der Waals surface area contributed by atoms with Gasteiger partial charge >= 0.3 is 0 Å². The summed E-state index contributed by atoms with van der Waals surface area (Å²) < 4.78 is 61.1. The van der Waals surface area contributed by atoms with Gasteiger partial charge in [-0.3, -0.25) is 9.59 Å². The third kappa shape index (κ3) is 3.20. The molecule has 5 nitrogen and oxygen atoms in total. The Hall–Kier alpha value is -2.72. The molecule has 0 fully saturated rings. The summed E-state index contributed by atoms with van der Waals surface area (Å²) in [6.07, 6.45) is 0. The number of aromatic amines is 1. The van der Waals surface area contributed by atoms with E-state index in [-0.39, 0.29) is 34.2 Å². The van der Waals surface area contributed by atoms with E-state index in [1.807, 2.05) is 0 Å². The molecule has 2 heterocycles. The average molecular weight is 485 g/mol. The minimum atomic E-state index is -1.32. The summed E-state index contributed by atoms with van der Waals surface area (Å²) in [6.45, 7) is -0.0602. The standard InChI is InChI=1S/C20H13BrF4N2O3/c1-27(20(29)8-2-3-11(21)18(25)17(8)24)15-7-30-6-14-16(15)9-4-12(22)13(23)5-10(9)19(28)26-14/h2-5,15H,6-7H2,1H3,(H,26,28). The topological polar surface area (TPSA) is 62.4 Å². The second kappa shape index (κ2) is 7.51. The number of fused-ring (bicyclic) bond motifs is 3. The summed E-state index contributed by atoms with van der Waals surface area (Å²) in [4.78, 5) is 28.9. The number of aromatic nitrogens is 1. The van der Waals surface area contributed by atoms with Crippen molar-refractivity contribution in [3.63, 3.8) is 0 Å². The quantitative estimate of drug-likeness (QED) is 0.438. The van der Waals surface area contributed by atoms with Crippen LogP contribution in [0.2, 0.25) is 0 Å². The van der Waals surface area contributed by atoms with E-state index >= 15 is 0 Å². The lowest BCUT2D eigenvalue weighted by molar-refractivity contribution is 0.0332. The van der Waals surface area contributed by atoms with Gasteiger partial charge in [-0.15, -0.1) is 0 Å². The number of amides is 1. The Kier molecular flexibility index (Phi) is 5.15. The highest BCUT2D eigenvalue weighted by atomic mass is 79.9. The first-order valence-electron chi connectivity index (χ1n) is 8.73. The fourth-order valence-corrected chi connectivity index (χ4v) is 3.88. The van der Waals surface area contributed by atoms with Gasteiger partial charge in [-0.1, -0.05) is 0 Å². The van der Waals surface area contributed by atoms with Gasteiger partial charge in [-0.2, -0.15) is 0 Å². The van der Waals surface area contributed by atoms with Gasteiger partial charge in [0.1, 0.15) is 0 Å². The lowest BCUT2D eigenvalue weighted by atomic mass is 9.95. The van der Waals surface area contributed by atoms with Crippen LogP contribution in [0.4, 0.5) is 17.6 Å². The molecule has 1 unspecified atom stereocenters. The molecule has 1 atom stereocenters. The maximum atomic E-state index is 14.3. The number of rotatable bonds is 2. The molecule has 30 heavy (non-hydrogen) atoms. The molecule has 3 aromatic rings. The number of halogens is 5. The first-order chi connectivity index (χ1) is 14.2. The van der Waals surface area contributed by atoms with E-state index in [0.29, 0.717) is 5.56 Å². The molecule has 0 saturated heterocycles. The van der Waals surface area contributed by atoms with Crippen molar-refractivity contribution in [2.45, 2.75) is 12.6 Å². The molecule has 10 heteroatoms.